The van der Waals surface area contributed by atoms with Crippen LogP contribution in [0.15, 0.2) is 11.1 Å². The molecule has 0 aromatic rings. The Hall–Kier alpha value is -0.280. The fourth-order valence-corrected chi connectivity index (χ4v) is 11.0. The second-order valence-corrected chi connectivity index (χ2v) is 14.7. The number of rotatable bonds is 6. The quantitative estimate of drug-likeness (QED) is 0.398. The van der Waals surface area contributed by atoms with Crippen molar-refractivity contribution >= 4 is 17.5 Å². The van der Waals surface area contributed by atoms with Gasteiger partial charge in [0.25, 0.3) is 0 Å². The van der Waals surface area contributed by atoms with Crippen molar-refractivity contribution in [1.29, 1.82) is 0 Å². The molecule has 0 radical (unpaired) electrons. The molecule has 0 bridgehead atoms. The SMILES string of the molecule is CS[C@@]12C(=O)C[C@H]([C@H](C)CCCC(C)C)[C@@]1(C)CCC1=C2CC[C@H]2C(C)(C)[C@@H](O)CC[C@]12C. The van der Waals surface area contributed by atoms with Crippen LogP contribution in [0.5, 0.6) is 0 Å². The standard InChI is InChI=1S/C30H50O2S/c1-19(2)10-9-11-20(3)23-18-26(32)30(33-8)22-12-13-24-27(4,5)25(31)15-16-28(24,6)21(22)14-17-29(23,30)7/h19-20,23-25,31H,9-18H2,1-8H3/t20-,23-,24+,25+,28-,29-,30+/m1/s1. The molecule has 4 rings (SSSR count). The number of aliphatic hydroxyl groups is 1. The maximum Gasteiger partial charge on any atom is 0.153 e. The Labute approximate surface area is 208 Å². The molecule has 33 heavy (non-hydrogen) atoms. The monoisotopic (exact) mass is 474 g/mol. The first-order valence-corrected chi connectivity index (χ1v) is 15.1. The van der Waals surface area contributed by atoms with E-state index >= 15 is 0 Å². The number of carbonyl (C=O) groups excluding carboxylic acids is 1. The van der Waals surface area contributed by atoms with E-state index < -0.39 is 0 Å². The van der Waals surface area contributed by atoms with E-state index in [2.05, 4.69) is 54.7 Å². The molecule has 7 atom stereocenters. The van der Waals surface area contributed by atoms with Crippen LogP contribution < -0.4 is 0 Å². The van der Waals surface area contributed by atoms with Crippen LogP contribution in [-0.4, -0.2) is 28.0 Å². The molecular formula is C30H50O2S. The van der Waals surface area contributed by atoms with Crippen molar-refractivity contribution in [3.05, 3.63) is 11.1 Å². The third-order valence-electron chi connectivity index (χ3n) is 11.4. The van der Waals surface area contributed by atoms with Crippen molar-refractivity contribution in [2.45, 2.75) is 124 Å². The predicted octanol–water partition coefficient (Wildman–Crippen LogP) is 7.83. The average molecular weight is 475 g/mol. The van der Waals surface area contributed by atoms with Crippen LogP contribution in [0.4, 0.5) is 0 Å². The molecule has 2 nitrogen and oxygen atoms in total. The van der Waals surface area contributed by atoms with Gasteiger partial charge in [-0.2, -0.15) is 0 Å². The first kappa shape index (κ1) is 25.8. The Kier molecular flexibility index (Phi) is 6.79. The minimum atomic E-state index is -0.314. The summed E-state index contributed by atoms with van der Waals surface area (Å²) in [7, 11) is 0. The van der Waals surface area contributed by atoms with Crippen LogP contribution in [0.2, 0.25) is 0 Å². The predicted molar refractivity (Wildman–Crippen MR) is 141 cm³/mol. The van der Waals surface area contributed by atoms with Crippen LogP contribution in [-0.2, 0) is 4.79 Å². The van der Waals surface area contributed by atoms with Crippen LogP contribution in [0.3, 0.4) is 0 Å². The minimum absolute atomic E-state index is 0.0497. The van der Waals surface area contributed by atoms with Gasteiger partial charge in [0.15, 0.2) is 5.78 Å². The maximum absolute atomic E-state index is 14.1. The van der Waals surface area contributed by atoms with Gasteiger partial charge in [0.2, 0.25) is 0 Å². The van der Waals surface area contributed by atoms with E-state index in [1.807, 2.05) is 11.8 Å². The number of aliphatic hydroxyl groups excluding tert-OH is 1. The second-order valence-electron chi connectivity index (χ2n) is 13.7. The van der Waals surface area contributed by atoms with Crippen LogP contribution in [0.25, 0.3) is 0 Å². The van der Waals surface area contributed by atoms with Crippen molar-refractivity contribution in [1.82, 2.24) is 0 Å². The highest BCUT2D eigenvalue weighted by molar-refractivity contribution is 8.01. The van der Waals surface area contributed by atoms with E-state index in [0.29, 0.717) is 23.5 Å². The van der Waals surface area contributed by atoms with Gasteiger partial charge >= 0.3 is 0 Å². The lowest BCUT2D eigenvalue weighted by atomic mass is 9.45. The van der Waals surface area contributed by atoms with Gasteiger partial charge in [-0.05, 0) is 90.3 Å². The number of allylic oxidation sites excluding steroid dienone is 1. The van der Waals surface area contributed by atoms with Gasteiger partial charge in [0.05, 0.1) is 6.10 Å². The second kappa shape index (κ2) is 8.68. The lowest BCUT2D eigenvalue weighted by Crippen LogP contribution is -2.58. The van der Waals surface area contributed by atoms with Gasteiger partial charge in [-0.25, -0.2) is 0 Å². The van der Waals surface area contributed by atoms with E-state index in [0.717, 1.165) is 50.9 Å². The molecule has 1 N–H and O–H groups in total. The van der Waals surface area contributed by atoms with Gasteiger partial charge in [0.1, 0.15) is 4.75 Å². The summed E-state index contributed by atoms with van der Waals surface area (Å²) in [4.78, 5) is 14.1. The largest absolute Gasteiger partial charge is 0.393 e. The Morgan fingerprint density at radius 2 is 1.70 bits per heavy atom. The number of hydrogen-bond acceptors (Lipinski definition) is 3. The van der Waals surface area contributed by atoms with Gasteiger partial charge in [-0.1, -0.05) is 73.3 Å². The lowest BCUT2D eigenvalue weighted by Gasteiger charge is -2.61. The molecule has 0 amide bonds. The first-order valence-electron chi connectivity index (χ1n) is 13.9. The molecule has 0 saturated heterocycles. The summed E-state index contributed by atoms with van der Waals surface area (Å²) in [5.41, 5.74) is 3.34. The molecule has 4 aliphatic carbocycles. The number of fused-ring (bicyclic) bond motifs is 4. The third-order valence-corrected chi connectivity index (χ3v) is 12.9. The van der Waals surface area contributed by atoms with E-state index in [-0.39, 0.29) is 27.1 Å². The zero-order chi connectivity index (χ0) is 24.4. The fraction of sp³-hybridized carbons (Fsp3) is 0.900. The highest BCUT2D eigenvalue weighted by atomic mass is 32.2. The summed E-state index contributed by atoms with van der Waals surface area (Å²) >= 11 is 1.89. The Balaban J connectivity index is 1.72. The van der Waals surface area contributed by atoms with Crippen molar-refractivity contribution in [2.75, 3.05) is 6.26 Å². The number of thioether (sulfide) groups is 1. The highest BCUT2D eigenvalue weighted by Gasteiger charge is 2.68. The molecule has 0 aromatic heterocycles. The fourth-order valence-electron chi connectivity index (χ4n) is 9.45. The van der Waals surface area contributed by atoms with Crippen LogP contribution >= 0.6 is 11.8 Å². The third kappa shape index (κ3) is 3.56. The molecule has 0 spiro atoms. The maximum atomic E-state index is 14.1. The molecule has 0 unspecified atom stereocenters. The average Bonchev–Trinajstić information content (AvgIpc) is 2.98. The molecule has 188 valence electrons. The van der Waals surface area contributed by atoms with Crippen molar-refractivity contribution in [2.24, 2.45) is 39.9 Å². The highest BCUT2D eigenvalue weighted by Crippen LogP contribution is 2.71. The molecule has 2 saturated carbocycles. The van der Waals surface area contributed by atoms with Crippen molar-refractivity contribution in [3.63, 3.8) is 0 Å². The van der Waals surface area contributed by atoms with E-state index in [4.69, 9.17) is 0 Å². The van der Waals surface area contributed by atoms with Gasteiger partial charge < -0.3 is 5.11 Å². The Bertz CT molecular complexity index is 812. The molecule has 0 heterocycles. The summed E-state index contributed by atoms with van der Waals surface area (Å²) < 4.78 is -0.314. The molecular weight excluding hydrogens is 424 g/mol. The van der Waals surface area contributed by atoms with Crippen LogP contribution in [0.1, 0.15) is 113 Å². The molecule has 3 heteroatoms. The summed E-state index contributed by atoms with van der Waals surface area (Å²) in [5.74, 6) is 2.93. The molecule has 2 fully saturated rings. The minimum Gasteiger partial charge on any atom is -0.393 e. The molecule has 0 aliphatic heterocycles. The zero-order valence-electron chi connectivity index (χ0n) is 22.7. The van der Waals surface area contributed by atoms with Gasteiger partial charge in [0, 0.05) is 6.42 Å². The number of carbonyl (C=O) groups is 1. The molecule has 4 aliphatic rings. The normalized spacial score (nSPS) is 43.3. The van der Waals surface area contributed by atoms with Crippen molar-refractivity contribution in [3.8, 4) is 0 Å². The van der Waals surface area contributed by atoms with Gasteiger partial charge in [-0.3, -0.25) is 4.79 Å². The first-order chi connectivity index (χ1) is 15.4. The summed E-state index contributed by atoms with van der Waals surface area (Å²) in [6.45, 7) is 16.6. The van der Waals surface area contributed by atoms with E-state index in [1.165, 1.54) is 24.8 Å². The topological polar surface area (TPSA) is 37.3 Å². The number of hydrogen-bond donors (Lipinski definition) is 1. The summed E-state index contributed by atoms with van der Waals surface area (Å²) in [5, 5.41) is 10.8. The lowest BCUT2D eigenvalue weighted by molar-refractivity contribution is -0.120. The van der Waals surface area contributed by atoms with E-state index in [1.54, 1.807) is 5.57 Å². The Morgan fingerprint density at radius 1 is 1.00 bits per heavy atom. The van der Waals surface area contributed by atoms with E-state index in [9.17, 15) is 9.90 Å². The number of Topliss-reactive ketones (excluding diaryl/α,β-unsaturated/α-hetero) is 1. The van der Waals surface area contributed by atoms with Crippen LogP contribution in [0, 0.1) is 39.9 Å². The number of ketones is 1. The molecule has 0 aromatic carbocycles. The van der Waals surface area contributed by atoms with Gasteiger partial charge in [-0.15, -0.1) is 11.8 Å². The summed E-state index contributed by atoms with van der Waals surface area (Å²) in [6.07, 6.45) is 13.1. The zero-order valence-corrected chi connectivity index (χ0v) is 23.5. The summed E-state index contributed by atoms with van der Waals surface area (Å²) in [6, 6.07) is 0. The van der Waals surface area contributed by atoms with Crippen molar-refractivity contribution < 1.29 is 9.90 Å². The smallest absolute Gasteiger partial charge is 0.153 e. The Morgan fingerprint density at radius 3 is 2.33 bits per heavy atom.